The van der Waals surface area contributed by atoms with E-state index in [1.165, 1.54) is 38.3 Å². The fourth-order valence-corrected chi connectivity index (χ4v) is 5.13. The minimum atomic E-state index is -2.64. The zero-order chi connectivity index (χ0) is 27.0. The number of allylic oxidation sites excluding steroid dienone is 4. The van der Waals surface area contributed by atoms with Crippen molar-refractivity contribution in [2.75, 3.05) is 5.32 Å². The summed E-state index contributed by atoms with van der Waals surface area (Å²) in [5, 5.41) is 13.8. The average Bonchev–Trinajstić information content (AvgIpc) is 3.73. The van der Waals surface area contributed by atoms with Crippen LogP contribution in [0.5, 0.6) is 0 Å². The van der Waals surface area contributed by atoms with Crippen LogP contribution in [0.2, 0.25) is 0 Å². The second-order valence-corrected chi connectivity index (χ2v) is 9.90. The number of nitrogens with zero attached hydrogens (tertiary/aromatic N) is 2. The van der Waals surface area contributed by atoms with Crippen LogP contribution >= 0.6 is 0 Å². The third-order valence-corrected chi connectivity index (χ3v) is 7.00. The molecule has 1 aromatic heterocycles. The first-order valence-corrected chi connectivity index (χ1v) is 12.3. The van der Waals surface area contributed by atoms with Crippen LogP contribution in [0.15, 0.2) is 46.4 Å². The van der Waals surface area contributed by atoms with Crippen molar-refractivity contribution in [1.29, 1.82) is 5.41 Å². The van der Waals surface area contributed by atoms with Gasteiger partial charge >= 0.3 is 0 Å². The molecule has 37 heavy (non-hydrogen) atoms. The van der Waals surface area contributed by atoms with Gasteiger partial charge < -0.3 is 27.5 Å². The number of carbonyl (C=O) groups excluding carboxylic acids is 1. The Hall–Kier alpha value is -3.63. The predicted molar refractivity (Wildman–Crippen MR) is 138 cm³/mol. The van der Waals surface area contributed by atoms with Crippen molar-refractivity contribution in [2.45, 2.75) is 58.5 Å². The van der Waals surface area contributed by atoms with Gasteiger partial charge in [0.15, 0.2) is 0 Å². The van der Waals surface area contributed by atoms with Gasteiger partial charge in [0.25, 0.3) is 6.43 Å². The van der Waals surface area contributed by atoms with Crippen molar-refractivity contribution in [2.24, 2.45) is 34.2 Å². The lowest BCUT2D eigenvalue weighted by molar-refractivity contribution is -0.119. The lowest BCUT2D eigenvalue weighted by atomic mass is 9.85. The van der Waals surface area contributed by atoms with Gasteiger partial charge in [-0.05, 0) is 87.8 Å². The quantitative estimate of drug-likeness (QED) is 0.252. The number of rotatable bonds is 9. The van der Waals surface area contributed by atoms with Crippen LogP contribution in [0, 0.1) is 29.1 Å². The van der Waals surface area contributed by atoms with Gasteiger partial charge in [0, 0.05) is 22.5 Å². The number of nitrogens with one attached hydrogen (secondary N) is 3. The fourth-order valence-electron chi connectivity index (χ4n) is 5.13. The molecule has 1 aliphatic heterocycles. The SMILES string of the molecule is CC(=N)C(=C(C)N)c1ccc(NC(=O)[C@H]2NC(C(C=CN)=NC(C)C(F)F)=C3CC3C2C2CC2)nc1F. The number of aromatic nitrogens is 1. The fraction of sp³-hybridized carbons (Fsp3) is 0.462. The average molecular weight is 516 g/mol. The Morgan fingerprint density at radius 2 is 2.03 bits per heavy atom. The molecule has 0 bridgehead atoms. The Morgan fingerprint density at radius 3 is 2.57 bits per heavy atom. The van der Waals surface area contributed by atoms with Gasteiger partial charge in [0.05, 0.1) is 11.4 Å². The zero-order valence-electron chi connectivity index (χ0n) is 21.0. The molecule has 2 fully saturated rings. The number of carbonyl (C=O) groups is 1. The minimum Gasteiger partial charge on any atom is -0.405 e. The van der Waals surface area contributed by atoms with Gasteiger partial charge in [-0.3, -0.25) is 9.79 Å². The van der Waals surface area contributed by atoms with Crippen molar-refractivity contribution in [3.05, 3.63) is 52.9 Å². The molecule has 3 unspecified atom stereocenters. The van der Waals surface area contributed by atoms with Gasteiger partial charge in [-0.2, -0.15) is 4.39 Å². The molecule has 2 saturated carbocycles. The van der Waals surface area contributed by atoms with Crippen molar-refractivity contribution in [1.82, 2.24) is 10.3 Å². The molecule has 4 atom stereocenters. The lowest BCUT2D eigenvalue weighted by Crippen LogP contribution is -2.50. The van der Waals surface area contributed by atoms with E-state index in [0.29, 0.717) is 11.6 Å². The smallest absolute Gasteiger partial charge is 0.260 e. The van der Waals surface area contributed by atoms with E-state index in [4.69, 9.17) is 16.9 Å². The molecule has 0 radical (unpaired) electrons. The normalized spacial score (nSPS) is 24.9. The maximum absolute atomic E-state index is 14.9. The number of fused-ring (bicyclic) bond motifs is 1. The van der Waals surface area contributed by atoms with E-state index in [1.807, 2.05) is 0 Å². The molecular formula is C26H32F3N7O. The number of hydrogen-bond acceptors (Lipinski definition) is 7. The first kappa shape index (κ1) is 26.4. The molecule has 1 amide bonds. The van der Waals surface area contributed by atoms with Gasteiger partial charge in [0.2, 0.25) is 11.9 Å². The van der Waals surface area contributed by atoms with Gasteiger partial charge in [0.1, 0.15) is 17.9 Å². The summed E-state index contributed by atoms with van der Waals surface area (Å²) >= 11 is 0. The molecule has 2 heterocycles. The van der Waals surface area contributed by atoms with Crippen molar-refractivity contribution in [3.63, 3.8) is 0 Å². The van der Waals surface area contributed by atoms with Crippen LogP contribution in [-0.4, -0.2) is 40.8 Å². The minimum absolute atomic E-state index is 0.0217. The second kappa shape index (κ2) is 10.4. The van der Waals surface area contributed by atoms with E-state index in [2.05, 4.69) is 20.6 Å². The largest absolute Gasteiger partial charge is 0.405 e. The van der Waals surface area contributed by atoms with Crippen LogP contribution in [0.25, 0.3) is 5.57 Å². The first-order chi connectivity index (χ1) is 17.5. The van der Waals surface area contributed by atoms with E-state index in [0.717, 1.165) is 24.8 Å². The van der Waals surface area contributed by atoms with Crippen LogP contribution in [0.1, 0.15) is 45.6 Å². The Labute approximate surface area is 213 Å². The number of halogens is 3. The summed E-state index contributed by atoms with van der Waals surface area (Å²) in [4.78, 5) is 21.5. The van der Waals surface area contributed by atoms with Crippen LogP contribution in [-0.2, 0) is 4.79 Å². The number of aliphatic imine (C=N–C) groups is 1. The molecule has 4 rings (SSSR count). The molecule has 0 saturated heterocycles. The van der Waals surface area contributed by atoms with Crippen molar-refractivity contribution >= 4 is 28.7 Å². The monoisotopic (exact) mass is 515 g/mol. The highest BCUT2D eigenvalue weighted by Crippen LogP contribution is 2.57. The molecule has 8 nitrogen and oxygen atoms in total. The molecule has 3 aliphatic rings. The maximum atomic E-state index is 14.9. The highest BCUT2D eigenvalue weighted by atomic mass is 19.3. The molecular weight excluding hydrogens is 483 g/mol. The zero-order valence-corrected chi connectivity index (χ0v) is 21.0. The number of nitrogens with two attached hydrogens (primary N) is 2. The van der Waals surface area contributed by atoms with Gasteiger partial charge in [-0.1, -0.05) is 0 Å². The topological polar surface area (TPSA) is 142 Å². The predicted octanol–water partition coefficient (Wildman–Crippen LogP) is 3.73. The van der Waals surface area contributed by atoms with E-state index in [9.17, 15) is 18.0 Å². The van der Waals surface area contributed by atoms with E-state index in [-0.39, 0.29) is 45.9 Å². The Morgan fingerprint density at radius 1 is 1.32 bits per heavy atom. The maximum Gasteiger partial charge on any atom is 0.260 e. The standard InChI is InChI=1S/C26H32F3N7O/c1-11(31)20(12(2)32)15-6-7-19(34-25(15)29)35-26(37)23-21(14-4-5-14)16-10-17(16)22(36-23)18(8-9-30)33-13(3)24(27)28/h6-9,13-14,16,21,23-24,31,36H,4-5,10,30,32H2,1-3H3,(H,34,35,37)/t13?,16?,21?,23-/m0/s1. The number of alkyl halides is 2. The number of amides is 1. The van der Waals surface area contributed by atoms with Crippen molar-refractivity contribution in [3.8, 4) is 0 Å². The van der Waals surface area contributed by atoms with Gasteiger partial charge in [-0.15, -0.1) is 0 Å². The van der Waals surface area contributed by atoms with E-state index in [1.54, 1.807) is 6.92 Å². The third-order valence-electron chi connectivity index (χ3n) is 7.00. The lowest BCUT2D eigenvalue weighted by Gasteiger charge is -2.32. The summed E-state index contributed by atoms with van der Waals surface area (Å²) in [5.41, 5.74) is 14.0. The summed E-state index contributed by atoms with van der Waals surface area (Å²) in [6, 6.07) is 0.983. The van der Waals surface area contributed by atoms with Crippen molar-refractivity contribution < 1.29 is 18.0 Å². The summed E-state index contributed by atoms with van der Waals surface area (Å²) in [6.45, 7) is 4.40. The van der Waals surface area contributed by atoms with Crippen LogP contribution < -0.4 is 22.1 Å². The van der Waals surface area contributed by atoms with Crippen LogP contribution in [0.4, 0.5) is 19.0 Å². The molecule has 0 spiro atoms. The Kier molecular flexibility index (Phi) is 7.42. The number of pyridine rings is 1. The van der Waals surface area contributed by atoms with E-state index >= 15 is 0 Å². The highest BCUT2D eigenvalue weighted by Gasteiger charge is 2.55. The van der Waals surface area contributed by atoms with E-state index < -0.39 is 30.4 Å². The number of hydrogen-bond donors (Lipinski definition) is 5. The molecule has 2 aliphatic carbocycles. The summed E-state index contributed by atoms with van der Waals surface area (Å²) in [7, 11) is 0. The molecule has 0 aromatic carbocycles. The number of anilines is 1. The summed E-state index contributed by atoms with van der Waals surface area (Å²) < 4.78 is 41.3. The summed E-state index contributed by atoms with van der Waals surface area (Å²) in [5.74, 6) is -0.664. The van der Waals surface area contributed by atoms with Gasteiger partial charge in [-0.25, -0.2) is 13.8 Å². The summed E-state index contributed by atoms with van der Waals surface area (Å²) in [6.07, 6.45) is 2.84. The molecule has 1 aromatic rings. The highest BCUT2D eigenvalue weighted by molar-refractivity contribution is 6.21. The molecule has 198 valence electrons. The Balaban J connectivity index is 1.60. The first-order valence-electron chi connectivity index (χ1n) is 12.3. The Bertz CT molecular complexity index is 1230. The second-order valence-electron chi connectivity index (χ2n) is 9.90. The van der Waals surface area contributed by atoms with Crippen LogP contribution in [0.3, 0.4) is 0 Å². The molecule has 7 N–H and O–H groups in total. The third kappa shape index (κ3) is 5.55. The molecule has 11 heteroatoms.